The molecular weight excluding hydrogens is 322 g/mol. The maximum absolute atomic E-state index is 12.3. The van der Waals surface area contributed by atoms with Gasteiger partial charge in [-0.15, -0.1) is 0 Å². The van der Waals surface area contributed by atoms with E-state index in [2.05, 4.69) is 10.6 Å². The minimum absolute atomic E-state index is 0.0259. The summed E-state index contributed by atoms with van der Waals surface area (Å²) >= 11 is 0. The summed E-state index contributed by atoms with van der Waals surface area (Å²) in [4.78, 5) is 34.7. The van der Waals surface area contributed by atoms with Crippen LogP contribution in [0.4, 0.5) is 11.4 Å². The van der Waals surface area contributed by atoms with Crippen molar-refractivity contribution in [3.8, 4) is 0 Å². The molecule has 25 heavy (non-hydrogen) atoms. The third kappa shape index (κ3) is 4.87. The molecule has 7 nitrogen and oxygen atoms in total. The van der Waals surface area contributed by atoms with Gasteiger partial charge in [-0.05, 0) is 51.1 Å². The van der Waals surface area contributed by atoms with Crippen LogP contribution in [0.5, 0.6) is 0 Å². The summed E-state index contributed by atoms with van der Waals surface area (Å²) < 4.78 is 0. The zero-order valence-corrected chi connectivity index (χ0v) is 14.2. The van der Waals surface area contributed by atoms with E-state index in [1.54, 1.807) is 30.3 Å². The number of anilines is 1. The zero-order valence-electron chi connectivity index (χ0n) is 14.2. The largest absolute Gasteiger partial charge is 0.347 e. The number of carbonyl (C=O) groups excluding carboxylic acids is 2. The molecule has 2 aromatic rings. The molecule has 0 aliphatic rings. The average molecular weight is 341 g/mol. The first-order valence-electron chi connectivity index (χ1n) is 7.65. The van der Waals surface area contributed by atoms with Crippen LogP contribution in [-0.4, -0.2) is 22.3 Å². The SMILES string of the molecule is CC(C)(C)NC(=O)c1ccc(NC(=O)c2ccccc2[N+](=O)[O-])cc1. The summed E-state index contributed by atoms with van der Waals surface area (Å²) in [6, 6.07) is 12.0. The van der Waals surface area contributed by atoms with Gasteiger partial charge in [0.2, 0.25) is 0 Å². The topological polar surface area (TPSA) is 101 Å². The van der Waals surface area contributed by atoms with Crippen molar-refractivity contribution in [2.75, 3.05) is 5.32 Å². The molecule has 2 N–H and O–H groups in total. The number of benzene rings is 2. The van der Waals surface area contributed by atoms with E-state index in [0.29, 0.717) is 11.3 Å². The predicted molar refractivity (Wildman–Crippen MR) is 94.7 cm³/mol. The predicted octanol–water partition coefficient (Wildman–Crippen LogP) is 3.38. The van der Waals surface area contributed by atoms with Gasteiger partial charge in [-0.1, -0.05) is 12.1 Å². The molecule has 0 aliphatic carbocycles. The summed E-state index contributed by atoms with van der Waals surface area (Å²) in [5, 5.41) is 16.4. The lowest BCUT2D eigenvalue weighted by Crippen LogP contribution is -2.40. The lowest BCUT2D eigenvalue weighted by atomic mass is 10.1. The second-order valence-electron chi connectivity index (χ2n) is 6.51. The molecule has 0 atom stereocenters. The van der Waals surface area contributed by atoms with Crippen molar-refractivity contribution in [2.45, 2.75) is 26.3 Å². The lowest BCUT2D eigenvalue weighted by Gasteiger charge is -2.20. The fourth-order valence-electron chi connectivity index (χ4n) is 2.14. The smallest absolute Gasteiger partial charge is 0.282 e. The fraction of sp³-hybridized carbons (Fsp3) is 0.222. The summed E-state index contributed by atoms with van der Waals surface area (Å²) in [5.74, 6) is -0.803. The Balaban J connectivity index is 2.13. The summed E-state index contributed by atoms with van der Waals surface area (Å²) in [6.07, 6.45) is 0. The Labute approximate surface area is 145 Å². The van der Waals surface area contributed by atoms with E-state index >= 15 is 0 Å². The molecule has 0 radical (unpaired) electrons. The van der Waals surface area contributed by atoms with Gasteiger partial charge in [0.15, 0.2) is 0 Å². The molecule has 0 saturated heterocycles. The van der Waals surface area contributed by atoms with Crippen LogP contribution in [0.3, 0.4) is 0 Å². The number of nitro groups is 1. The van der Waals surface area contributed by atoms with E-state index in [-0.39, 0.29) is 22.7 Å². The van der Waals surface area contributed by atoms with Crippen LogP contribution in [0.25, 0.3) is 0 Å². The Hall–Kier alpha value is -3.22. The molecule has 0 saturated carbocycles. The van der Waals surface area contributed by atoms with E-state index in [9.17, 15) is 19.7 Å². The molecular formula is C18H19N3O4. The molecule has 0 bridgehead atoms. The minimum atomic E-state index is -0.602. The second-order valence-corrected chi connectivity index (χ2v) is 6.51. The Morgan fingerprint density at radius 1 is 0.960 bits per heavy atom. The molecule has 2 rings (SSSR count). The van der Waals surface area contributed by atoms with Gasteiger partial charge in [0, 0.05) is 22.9 Å². The molecule has 0 spiro atoms. The molecule has 0 fully saturated rings. The highest BCUT2D eigenvalue weighted by Crippen LogP contribution is 2.19. The third-order valence-corrected chi connectivity index (χ3v) is 3.24. The Bertz CT molecular complexity index is 808. The van der Waals surface area contributed by atoms with E-state index < -0.39 is 10.8 Å². The van der Waals surface area contributed by atoms with Crippen LogP contribution in [0.1, 0.15) is 41.5 Å². The summed E-state index contributed by atoms with van der Waals surface area (Å²) in [5.41, 5.74) is 0.258. The van der Waals surface area contributed by atoms with E-state index in [1.807, 2.05) is 20.8 Å². The van der Waals surface area contributed by atoms with Gasteiger partial charge < -0.3 is 10.6 Å². The second kappa shape index (κ2) is 7.12. The maximum Gasteiger partial charge on any atom is 0.282 e. The van der Waals surface area contributed by atoms with E-state index in [1.165, 1.54) is 18.2 Å². The molecule has 0 aliphatic heterocycles. The Morgan fingerprint density at radius 2 is 1.56 bits per heavy atom. The maximum atomic E-state index is 12.3. The van der Waals surface area contributed by atoms with Gasteiger partial charge in [-0.25, -0.2) is 0 Å². The Morgan fingerprint density at radius 3 is 2.12 bits per heavy atom. The van der Waals surface area contributed by atoms with Crippen LogP contribution in [0.2, 0.25) is 0 Å². The van der Waals surface area contributed by atoms with Crippen molar-refractivity contribution in [3.63, 3.8) is 0 Å². The molecule has 7 heteroatoms. The molecule has 130 valence electrons. The van der Waals surface area contributed by atoms with Crippen LogP contribution in [-0.2, 0) is 0 Å². The monoisotopic (exact) mass is 341 g/mol. The van der Waals surface area contributed by atoms with E-state index in [4.69, 9.17) is 0 Å². The van der Waals surface area contributed by atoms with Gasteiger partial charge in [0.25, 0.3) is 17.5 Å². The van der Waals surface area contributed by atoms with Crippen LogP contribution < -0.4 is 10.6 Å². The van der Waals surface area contributed by atoms with Gasteiger partial charge >= 0.3 is 0 Å². The standard InChI is InChI=1S/C18H19N3O4/c1-18(2,3)20-16(22)12-8-10-13(11-9-12)19-17(23)14-6-4-5-7-15(14)21(24)25/h4-11H,1-3H3,(H,19,23)(H,20,22). The fourth-order valence-corrected chi connectivity index (χ4v) is 2.14. The number of carbonyl (C=O) groups is 2. The number of nitrogens with one attached hydrogen (secondary N) is 2. The van der Waals surface area contributed by atoms with E-state index in [0.717, 1.165) is 0 Å². The summed E-state index contributed by atoms with van der Waals surface area (Å²) in [7, 11) is 0. The quantitative estimate of drug-likeness (QED) is 0.657. The third-order valence-electron chi connectivity index (χ3n) is 3.24. The van der Waals surface area contributed by atoms with Crippen LogP contribution >= 0.6 is 0 Å². The van der Waals surface area contributed by atoms with Gasteiger partial charge in [-0.2, -0.15) is 0 Å². The van der Waals surface area contributed by atoms with Crippen molar-refractivity contribution in [2.24, 2.45) is 0 Å². The highest BCUT2D eigenvalue weighted by molar-refractivity contribution is 6.07. The van der Waals surface area contributed by atoms with Crippen LogP contribution in [0.15, 0.2) is 48.5 Å². The van der Waals surface area contributed by atoms with Gasteiger partial charge in [0.1, 0.15) is 5.56 Å². The first-order valence-corrected chi connectivity index (χ1v) is 7.65. The number of amides is 2. The van der Waals surface area contributed by atoms with Gasteiger partial charge in [0.05, 0.1) is 4.92 Å². The van der Waals surface area contributed by atoms with Crippen LogP contribution in [0, 0.1) is 10.1 Å². The molecule has 2 aromatic carbocycles. The highest BCUT2D eigenvalue weighted by Gasteiger charge is 2.19. The molecule has 2 amide bonds. The van der Waals surface area contributed by atoms with Gasteiger partial charge in [-0.3, -0.25) is 19.7 Å². The van der Waals surface area contributed by atoms with Crippen molar-refractivity contribution in [1.82, 2.24) is 5.32 Å². The van der Waals surface area contributed by atoms with Crippen molar-refractivity contribution < 1.29 is 14.5 Å². The lowest BCUT2D eigenvalue weighted by molar-refractivity contribution is -0.385. The first-order chi connectivity index (χ1) is 11.7. The normalized spacial score (nSPS) is 10.8. The first kappa shape index (κ1) is 18.1. The zero-order chi connectivity index (χ0) is 18.6. The van der Waals surface area contributed by atoms with Crippen molar-refractivity contribution in [1.29, 1.82) is 0 Å². The number of nitrogens with zero attached hydrogens (tertiary/aromatic N) is 1. The number of para-hydroxylation sites is 1. The average Bonchev–Trinajstić information content (AvgIpc) is 2.53. The molecule has 0 heterocycles. The molecule has 0 unspecified atom stereocenters. The Kier molecular flexibility index (Phi) is 5.17. The molecule has 0 aromatic heterocycles. The summed E-state index contributed by atoms with van der Waals surface area (Å²) in [6.45, 7) is 5.64. The number of hydrogen-bond acceptors (Lipinski definition) is 4. The number of nitro benzene ring substituents is 1. The van der Waals surface area contributed by atoms with Crippen molar-refractivity contribution in [3.05, 3.63) is 69.8 Å². The van der Waals surface area contributed by atoms with Crippen molar-refractivity contribution >= 4 is 23.2 Å². The highest BCUT2D eigenvalue weighted by atomic mass is 16.6. The number of rotatable bonds is 4. The minimum Gasteiger partial charge on any atom is -0.347 e. The number of hydrogen-bond donors (Lipinski definition) is 2.